The van der Waals surface area contributed by atoms with Crippen LogP contribution in [0, 0.1) is 17.6 Å². The van der Waals surface area contributed by atoms with Crippen LogP contribution in [0.25, 0.3) is 11.1 Å². The van der Waals surface area contributed by atoms with Crippen LogP contribution in [0.5, 0.6) is 0 Å². The van der Waals surface area contributed by atoms with E-state index in [-0.39, 0.29) is 22.5 Å². The van der Waals surface area contributed by atoms with E-state index in [0.29, 0.717) is 38.1 Å². The van der Waals surface area contributed by atoms with Crippen molar-refractivity contribution in [3.05, 3.63) is 54.1 Å². The second kappa shape index (κ2) is 10.4. The molecular weight excluding hydrogens is 436 g/mol. The van der Waals surface area contributed by atoms with E-state index < -0.39 is 26.7 Å². The molecule has 1 fully saturated rings. The van der Waals surface area contributed by atoms with Crippen molar-refractivity contribution in [3.8, 4) is 11.1 Å². The lowest BCUT2D eigenvalue weighted by Crippen LogP contribution is -2.42. The number of carbonyl (C=O) groups excluding carboxylic acids is 1. The molecule has 0 saturated carbocycles. The standard InChI is InChI=1S/C24H29F2NO4S/c1-3-4-15-31-24(28)27-13-11-18(12-14-27)17(2)32(29,30)21-8-5-19(6-9-21)22-10-7-20(25)16-23(22)26/h5-10,16-18H,3-4,11-15H2,1-2H3. The van der Waals surface area contributed by atoms with Crippen molar-refractivity contribution in [2.45, 2.75) is 49.7 Å². The largest absolute Gasteiger partial charge is 0.449 e. The van der Waals surface area contributed by atoms with E-state index in [1.165, 1.54) is 30.3 Å². The normalized spacial score (nSPS) is 16.1. The van der Waals surface area contributed by atoms with Gasteiger partial charge in [0.1, 0.15) is 11.6 Å². The number of halogens is 2. The van der Waals surface area contributed by atoms with E-state index in [0.717, 1.165) is 25.0 Å². The highest BCUT2D eigenvalue weighted by atomic mass is 32.2. The number of sulfone groups is 1. The van der Waals surface area contributed by atoms with E-state index in [1.807, 2.05) is 6.92 Å². The molecule has 1 aliphatic heterocycles. The lowest BCUT2D eigenvalue weighted by molar-refractivity contribution is 0.0866. The molecule has 1 atom stereocenters. The minimum atomic E-state index is -3.60. The van der Waals surface area contributed by atoms with Gasteiger partial charge in [-0.2, -0.15) is 0 Å². The molecule has 0 aliphatic carbocycles. The van der Waals surface area contributed by atoms with E-state index in [1.54, 1.807) is 11.8 Å². The van der Waals surface area contributed by atoms with E-state index in [9.17, 15) is 22.0 Å². The Hall–Kier alpha value is -2.48. The number of unbranched alkanes of at least 4 members (excludes halogenated alkanes) is 1. The Morgan fingerprint density at radius 3 is 2.38 bits per heavy atom. The molecular formula is C24H29F2NO4S. The number of likely N-dealkylation sites (tertiary alicyclic amines) is 1. The predicted molar refractivity (Wildman–Crippen MR) is 119 cm³/mol. The number of benzene rings is 2. The van der Waals surface area contributed by atoms with Gasteiger partial charge in [-0.1, -0.05) is 25.5 Å². The first-order valence-electron chi connectivity index (χ1n) is 10.9. The number of hydrogen-bond acceptors (Lipinski definition) is 4. The van der Waals surface area contributed by atoms with Crippen LogP contribution in [0.4, 0.5) is 13.6 Å². The molecule has 2 aromatic rings. The fraction of sp³-hybridized carbons (Fsp3) is 0.458. The molecule has 0 bridgehead atoms. The average molecular weight is 466 g/mol. The number of piperidine rings is 1. The fourth-order valence-electron chi connectivity index (χ4n) is 3.96. The van der Waals surface area contributed by atoms with Crippen LogP contribution < -0.4 is 0 Å². The van der Waals surface area contributed by atoms with Crippen molar-refractivity contribution in [2.24, 2.45) is 5.92 Å². The first-order chi connectivity index (χ1) is 15.2. The van der Waals surface area contributed by atoms with Gasteiger partial charge in [-0.3, -0.25) is 0 Å². The molecule has 32 heavy (non-hydrogen) atoms. The summed E-state index contributed by atoms with van der Waals surface area (Å²) in [5.74, 6) is -1.44. The Morgan fingerprint density at radius 1 is 1.12 bits per heavy atom. The summed E-state index contributed by atoms with van der Waals surface area (Å²) in [4.78, 5) is 13.9. The highest BCUT2D eigenvalue weighted by molar-refractivity contribution is 7.92. The zero-order chi connectivity index (χ0) is 23.3. The van der Waals surface area contributed by atoms with Crippen LogP contribution in [0.3, 0.4) is 0 Å². The van der Waals surface area contributed by atoms with Gasteiger partial charge in [0.2, 0.25) is 0 Å². The summed E-state index contributed by atoms with van der Waals surface area (Å²) in [5, 5.41) is -0.617. The fourth-order valence-corrected chi connectivity index (χ4v) is 5.69. The molecule has 1 aliphatic rings. The van der Waals surface area contributed by atoms with Crippen molar-refractivity contribution in [1.82, 2.24) is 4.90 Å². The smallest absolute Gasteiger partial charge is 0.409 e. The second-order valence-electron chi connectivity index (χ2n) is 8.19. The highest BCUT2D eigenvalue weighted by Gasteiger charge is 2.34. The zero-order valence-electron chi connectivity index (χ0n) is 18.4. The van der Waals surface area contributed by atoms with Crippen LogP contribution in [0.2, 0.25) is 0 Å². The maximum Gasteiger partial charge on any atom is 0.409 e. The quantitative estimate of drug-likeness (QED) is 0.511. The van der Waals surface area contributed by atoms with Crippen molar-refractivity contribution >= 4 is 15.9 Å². The second-order valence-corrected chi connectivity index (χ2v) is 10.5. The molecule has 1 saturated heterocycles. The zero-order valence-corrected chi connectivity index (χ0v) is 19.2. The number of amides is 1. The Balaban J connectivity index is 1.64. The van der Waals surface area contributed by atoms with Gasteiger partial charge < -0.3 is 9.64 Å². The summed E-state index contributed by atoms with van der Waals surface area (Å²) in [6.45, 7) is 5.06. The van der Waals surface area contributed by atoms with Crippen LogP contribution in [-0.2, 0) is 14.6 Å². The summed E-state index contributed by atoms with van der Waals surface area (Å²) in [6, 6.07) is 9.28. The summed E-state index contributed by atoms with van der Waals surface area (Å²) in [7, 11) is -3.60. The lowest BCUT2D eigenvalue weighted by atomic mass is 9.94. The van der Waals surface area contributed by atoms with E-state index >= 15 is 0 Å². The number of nitrogens with zero attached hydrogens (tertiary/aromatic N) is 1. The molecule has 0 N–H and O–H groups in total. The first kappa shape index (κ1) is 24.2. The third-order valence-electron chi connectivity index (χ3n) is 6.10. The molecule has 0 radical (unpaired) electrons. The monoisotopic (exact) mass is 465 g/mol. The lowest BCUT2D eigenvalue weighted by Gasteiger charge is -2.34. The van der Waals surface area contributed by atoms with Crippen molar-refractivity contribution < 1.29 is 26.7 Å². The predicted octanol–water partition coefficient (Wildman–Crippen LogP) is 5.44. The molecule has 1 heterocycles. The van der Waals surface area contributed by atoms with Gasteiger partial charge in [0, 0.05) is 24.7 Å². The van der Waals surface area contributed by atoms with Gasteiger partial charge in [0.15, 0.2) is 9.84 Å². The molecule has 0 spiro atoms. The number of hydrogen-bond donors (Lipinski definition) is 0. The molecule has 1 amide bonds. The number of rotatable bonds is 7. The van der Waals surface area contributed by atoms with Crippen LogP contribution in [0.15, 0.2) is 47.4 Å². The summed E-state index contributed by atoms with van der Waals surface area (Å²) in [6.07, 6.45) is 2.61. The minimum absolute atomic E-state index is 0.0751. The van der Waals surface area contributed by atoms with Gasteiger partial charge in [-0.05, 0) is 61.9 Å². The van der Waals surface area contributed by atoms with Crippen LogP contribution in [0.1, 0.15) is 39.5 Å². The number of carbonyl (C=O) groups is 1. The number of ether oxygens (including phenoxy) is 1. The van der Waals surface area contributed by atoms with Crippen molar-refractivity contribution in [3.63, 3.8) is 0 Å². The van der Waals surface area contributed by atoms with Gasteiger partial charge in [-0.25, -0.2) is 22.0 Å². The van der Waals surface area contributed by atoms with E-state index in [4.69, 9.17) is 4.74 Å². The van der Waals surface area contributed by atoms with Gasteiger partial charge in [0.05, 0.1) is 16.8 Å². The van der Waals surface area contributed by atoms with Crippen molar-refractivity contribution in [2.75, 3.05) is 19.7 Å². The topological polar surface area (TPSA) is 63.7 Å². The molecule has 2 aromatic carbocycles. The Morgan fingerprint density at radius 2 is 1.78 bits per heavy atom. The third-order valence-corrected chi connectivity index (χ3v) is 8.39. The van der Waals surface area contributed by atoms with Crippen LogP contribution in [-0.4, -0.2) is 44.4 Å². The summed E-state index contributed by atoms with van der Waals surface area (Å²) < 4.78 is 58.7. The molecule has 8 heteroatoms. The third kappa shape index (κ3) is 5.46. The van der Waals surface area contributed by atoms with Gasteiger partial charge in [0.25, 0.3) is 0 Å². The molecule has 0 aromatic heterocycles. The average Bonchev–Trinajstić information content (AvgIpc) is 2.79. The van der Waals surface area contributed by atoms with Crippen molar-refractivity contribution in [1.29, 1.82) is 0 Å². The Bertz CT molecular complexity index is 1030. The Labute approximate surface area is 188 Å². The molecule has 174 valence electrons. The van der Waals surface area contributed by atoms with Gasteiger partial charge in [-0.15, -0.1) is 0 Å². The summed E-state index contributed by atoms with van der Waals surface area (Å²) in [5.41, 5.74) is 0.686. The SMILES string of the molecule is CCCCOC(=O)N1CCC(C(C)S(=O)(=O)c2ccc(-c3ccc(F)cc3F)cc2)CC1. The maximum absolute atomic E-state index is 14.0. The molecule has 1 unspecified atom stereocenters. The first-order valence-corrected chi connectivity index (χ1v) is 12.5. The highest BCUT2D eigenvalue weighted by Crippen LogP contribution is 2.31. The Kier molecular flexibility index (Phi) is 7.87. The summed E-state index contributed by atoms with van der Waals surface area (Å²) >= 11 is 0. The maximum atomic E-state index is 14.0. The van der Waals surface area contributed by atoms with Gasteiger partial charge >= 0.3 is 6.09 Å². The van der Waals surface area contributed by atoms with E-state index in [2.05, 4.69) is 0 Å². The van der Waals surface area contributed by atoms with Crippen LogP contribution >= 0.6 is 0 Å². The molecule has 3 rings (SSSR count). The molecule has 5 nitrogen and oxygen atoms in total. The minimum Gasteiger partial charge on any atom is -0.449 e.